The van der Waals surface area contributed by atoms with Gasteiger partial charge in [0.2, 0.25) is 0 Å². The molecule has 0 amide bonds. The molecule has 17 aromatic rings. The van der Waals surface area contributed by atoms with Gasteiger partial charge in [-0.05, 0) is 237 Å². The lowest BCUT2D eigenvalue weighted by Gasteiger charge is -2.19. The molecule has 0 aliphatic carbocycles. The van der Waals surface area contributed by atoms with Crippen LogP contribution in [0.2, 0.25) is 0 Å². The molecular weight excluding hydrogens is 1010 g/mol. The number of benzene rings is 17. The fraction of sp³-hybridized carbons (Fsp3) is 0.0789. The zero-order valence-electron chi connectivity index (χ0n) is 45.9. The van der Waals surface area contributed by atoms with E-state index >= 15 is 0 Å². The Labute approximate surface area is 469 Å². The van der Waals surface area contributed by atoms with Crippen LogP contribution in [0, 0.1) is 0 Å². The van der Waals surface area contributed by atoms with Crippen LogP contribution in [-0.2, 0) is 0 Å². The van der Waals surface area contributed by atoms with Crippen LogP contribution in [0.5, 0.6) is 34.5 Å². The van der Waals surface area contributed by atoms with E-state index in [1.165, 1.54) is 53.9 Å². The van der Waals surface area contributed by atoms with Crippen molar-refractivity contribution in [2.24, 2.45) is 0 Å². The van der Waals surface area contributed by atoms with E-state index in [0.29, 0.717) is 23.0 Å². The number of hydrogen-bond donors (Lipinski definition) is 0. The van der Waals surface area contributed by atoms with Gasteiger partial charge in [-0.1, -0.05) is 97.1 Å². The van der Waals surface area contributed by atoms with Crippen LogP contribution in [-0.4, -0.2) is 42.7 Å². The van der Waals surface area contributed by atoms with Gasteiger partial charge in [0.05, 0.1) is 42.7 Å². The Morgan fingerprint density at radius 2 is 0.305 bits per heavy atom. The van der Waals surface area contributed by atoms with Gasteiger partial charge in [0.15, 0.2) is 34.5 Å². The van der Waals surface area contributed by atoms with E-state index in [-0.39, 0.29) is 0 Å². The molecule has 6 heteroatoms. The first-order valence-electron chi connectivity index (χ1n) is 27.7. The molecule has 0 atom stereocenters. The summed E-state index contributed by atoms with van der Waals surface area (Å²) >= 11 is 0. The Kier molecular flexibility index (Phi) is 9.72. The molecule has 6 nitrogen and oxygen atoms in total. The minimum atomic E-state index is 0.701. The second-order valence-corrected chi connectivity index (χ2v) is 22.0. The standard InChI is InChI=1S/C76H50O6/c1-77-71-65-27-45-17-15-43-23-39-11-7-9-13-41(39)25-51(43)53(45)33-59(65)61-35-55-47(29-67(61)73(71)79-3)19-21-49-31-69-63(37-57(49)55)64-38-58-50(32-70(64)76(82-6)75(69)81-5)22-20-48-30-68-62(36-56(48)58)60-34-54-46(28-66(60)72(78-2)74(68)80-4)18-16-44-24-40-12-8-10-14-42(40)26-52(44)54/h7-38H,1-6H3. The van der Waals surface area contributed by atoms with Crippen molar-refractivity contribution in [2.45, 2.75) is 0 Å². The van der Waals surface area contributed by atoms with Gasteiger partial charge >= 0.3 is 0 Å². The molecule has 0 spiro atoms. The maximum atomic E-state index is 6.35. The number of rotatable bonds is 6. The monoisotopic (exact) mass is 1060 g/mol. The van der Waals surface area contributed by atoms with Crippen LogP contribution >= 0.6 is 0 Å². The van der Waals surface area contributed by atoms with Crippen molar-refractivity contribution < 1.29 is 28.4 Å². The van der Waals surface area contributed by atoms with Crippen molar-refractivity contribution in [3.63, 3.8) is 0 Å². The van der Waals surface area contributed by atoms with E-state index in [2.05, 4.69) is 194 Å². The Bertz CT molecular complexity index is 5430. The number of hydrogen-bond acceptors (Lipinski definition) is 6. The van der Waals surface area contributed by atoms with Crippen molar-refractivity contribution in [3.8, 4) is 34.5 Å². The van der Waals surface area contributed by atoms with Gasteiger partial charge in [0.25, 0.3) is 0 Å². The highest BCUT2D eigenvalue weighted by molar-refractivity contribution is 6.30. The average Bonchev–Trinajstić information content (AvgIpc) is 3.71. The Balaban J connectivity index is 0.954. The fourth-order valence-electron chi connectivity index (χ4n) is 14.3. The summed E-state index contributed by atoms with van der Waals surface area (Å²) in [6.07, 6.45) is 0. The molecule has 0 aromatic heterocycles. The van der Waals surface area contributed by atoms with E-state index in [1.807, 2.05) is 0 Å². The van der Waals surface area contributed by atoms with Gasteiger partial charge in [0, 0.05) is 32.3 Å². The first kappa shape index (κ1) is 46.6. The van der Waals surface area contributed by atoms with E-state index in [4.69, 9.17) is 28.4 Å². The van der Waals surface area contributed by atoms with Crippen LogP contribution < -0.4 is 28.4 Å². The summed E-state index contributed by atoms with van der Waals surface area (Å²) < 4.78 is 37.8. The van der Waals surface area contributed by atoms with Gasteiger partial charge in [-0.15, -0.1) is 0 Å². The number of ether oxygens (including phenoxy) is 6. The number of fused-ring (bicyclic) bond motifs is 23. The Hall–Kier alpha value is -10.3. The highest BCUT2D eigenvalue weighted by Crippen LogP contribution is 2.52. The second kappa shape index (κ2) is 17.1. The largest absolute Gasteiger partial charge is 0.492 e. The zero-order chi connectivity index (χ0) is 54.8. The quantitative estimate of drug-likeness (QED) is 0.122. The lowest BCUT2D eigenvalue weighted by Crippen LogP contribution is -1.96. The molecule has 0 saturated carbocycles. The predicted octanol–water partition coefficient (Wildman–Crippen LogP) is 20.2. The van der Waals surface area contributed by atoms with Crippen molar-refractivity contribution >= 4 is 172 Å². The Morgan fingerprint density at radius 3 is 0.500 bits per heavy atom. The second-order valence-electron chi connectivity index (χ2n) is 22.0. The van der Waals surface area contributed by atoms with Crippen LogP contribution in [0.15, 0.2) is 194 Å². The molecule has 17 rings (SSSR count). The molecule has 82 heavy (non-hydrogen) atoms. The molecule has 0 saturated heterocycles. The summed E-state index contributed by atoms with van der Waals surface area (Å²) in [5, 5.41) is 35.7. The van der Waals surface area contributed by atoms with Crippen molar-refractivity contribution in [1.29, 1.82) is 0 Å². The molecule has 0 aliphatic heterocycles. The summed E-state index contributed by atoms with van der Waals surface area (Å²) in [4.78, 5) is 0. The third kappa shape index (κ3) is 6.34. The summed E-state index contributed by atoms with van der Waals surface area (Å²) in [5.41, 5.74) is 0. The van der Waals surface area contributed by atoms with Gasteiger partial charge < -0.3 is 28.4 Å². The topological polar surface area (TPSA) is 55.4 Å². The summed E-state index contributed by atoms with van der Waals surface area (Å²) in [5.74, 6) is 4.28. The fourth-order valence-corrected chi connectivity index (χ4v) is 14.3. The van der Waals surface area contributed by atoms with Gasteiger partial charge in [-0.3, -0.25) is 0 Å². The highest BCUT2D eigenvalue weighted by Gasteiger charge is 2.24. The zero-order valence-corrected chi connectivity index (χ0v) is 45.9. The maximum Gasteiger partial charge on any atom is 0.169 e. The third-order valence-corrected chi connectivity index (χ3v) is 18.1. The number of methoxy groups -OCH3 is 6. The SMILES string of the molecule is COc1c(OC)c2cc3ccc4cc5c(OC)c(OC)c6cc7ccc8cc9c(OC)c(OC)c%10cc%11ccc%12cc%13ccccc%13cc%12c%11cc%10c9cc8c7cc6c5cc4c3cc2c2cc3c(ccc4cc5ccccc5cc43)cc12. The lowest BCUT2D eigenvalue weighted by atomic mass is 9.89. The van der Waals surface area contributed by atoms with Crippen LogP contribution in [0.25, 0.3) is 172 Å². The van der Waals surface area contributed by atoms with Crippen molar-refractivity contribution in [1.82, 2.24) is 0 Å². The van der Waals surface area contributed by atoms with E-state index in [1.54, 1.807) is 42.7 Å². The molecular formula is C76H50O6. The van der Waals surface area contributed by atoms with E-state index < -0.39 is 0 Å². The molecule has 0 aliphatic rings. The molecule has 390 valence electrons. The van der Waals surface area contributed by atoms with Gasteiger partial charge in [-0.25, -0.2) is 0 Å². The highest BCUT2D eigenvalue weighted by atomic mass is 16.5. The van der Waals surface area contributed by atoms with Gasteiger partial charge in [0.1, 0.15) is 0 Å². The third-order valence-electron chi connectivity index (χ3n) is 18.1. The summed E-state index contributed by atoms with van der Waals surface area (Å²) in [6.45, 7) is 0. The maximum absolute atomic E-state index is 6.35. The van der Waals surface area contributed by atoms with E-state index in [0.717, 1.165) is 130 Å². The van der Waals surface area contributed by atoms with Crippen LogP contribution in [0.1, 0.15) is 0 Å². The van der Waals surface area contributed by atoms with Crippen LogP contribution in [0.3, 0.4) is 0 Å². The Morgan fingerprint density at radius 1 is 0.146 bits per heavy atom. The molecule has 0 heterocycles. The summed E-state index contributed by atoms with van der Waals surface area (Å²) in [6, 6.07) is 72.1. The summed E-state index contributed by atoms with van der Waals surface area (Å²) in [7, 11) is 10.4. The first-order valence-corrected chi connectivity index (χ1v) is 27.7. The van der Waals surface area contributed by atoms with Gasteiger partial charge in [-0.2, -0.15) is 0 Å². The van der Waals surface area contributed by atoms with Crippen molar-refractivity contribution in [2.75, 3.05) is 42.7 Å². The smallest absolute Gasteiger partial charge is 0.169 e. The van der Waals surface area contributed by atoms with Crippen molar-refractivity contribution in [3.05, 3.63) is 194 Å². The molecule has 0 radical (unpaired) electrons. The first-order chi connectivity index (χ1) is 40.3. The predicted molar refractivity (Wildman–Crippen MR) is 346 cm³/mol. The minimum Gasteiger partial charge on any atom is -0.492 e. The molecule has 0 bridgehead atoms. The molecule has 0 fully saturated rings. The van der Waals surface area contributed by atoms with Crippen LogP contribution in [0.4, 0.5) is 0 Å². The van der Waals surface area contributed by atoms with E-state index in [9.17, 15) is 0 Å². The minimum absolute atomic E-state index is 0.701. The normalized spacial score (nSPS) is 12.3. The molecule has 0 unspecified atom stereocenters. The lowest BCUT2D eigenvalue weighted by molar-refractivity contribution is 0.362. The molecule has 17 aromatic carbocycles. The average molecular weight is 1060 g/mol. The molecule has 0 N–H and O–H groups in total.